The molecule has 0 saturated carbocycles. The summed E-state index contributed by atoms with van der Waals surface area (Å²) >= 11 is 0. The molecule has 0 bridgehead atoms. The van der Waals surface area contributed by atoms with E-state index in [2.05, 4.69) is 38.2 Å². The quantitative estimate of drug-likeness (QED) is 0.747. The van der Waals surface area contributed by atoms with Gasteiger partial charge in [0.1, 0.15) is 0 Å². The van der Waals surface area contributed by atoms with Crippen molar-refractivity contribution in [1.29, 1.82) is 0 Å². The molecule has 0 fully saturated rings. The van der Waals surface area contributed by atoms with Crippen LogP contribution in [0.25, 0.3) is 0 Å². The first-order valence-corrected chi connectivity index (χ1v) is 5.39. The van der Waals surface area contributed by atoms with Gasteiger partial charge in [-0.3, -0.25) is 0 Å². The normalized spacial score (nSPS) is 10.4. The van der Waals surface area contributed by atoms with Crippen molar-refractivity contribution in [3.05, 3.63) is 35.4 Å². The lowest BCUT2D eigenvalue weighted by Gasteiger charge is -2.13. The Balaban J connectivity index is 2.60. The molecule has 1 rings (SSSR count). The predicted octanol–water partition coefficient (Wildman–Crippen LogP) is 3.22. The molecule has 0 saturated heterocycles. The van der Waals surface area contributed by atoms with Crippen LogP contribution < -0.4 is 5.32 Å². The highest BCUT2D eigenvalue weighted by atomic mass is 16.5. The fraction of sp³-hybridized carbons (Fsp3) is 0.462. The van der Waals surface area contributed by atoms with E-state index in [0.717, 1.165) is 6.61 Å². The summed E-state index contributed by atoms with van der Waals surface area (Å²) < 4.78 is 5.24. The van der Waals surface area contributed by atoms with Crippen LogP contribution in [0, 0.1) is 27.3 Å². The third-order valence-corrected chi connectivity index (χ3v) is 2.33. The second kappa shape index (κ2) is 5.76. The molecule has 0 amide bonds. The predicted molar refractivity (Wildman–Crippen MR) is 65.1 cm³/mol. The van der Waals surface area contributed by atoms with Gasteiger partial charge in [-0.2, -0.15) is 0 Å². The van der Waals surface area contributed by atoms with Crippen molar-refractivity contribution < 1.29 is 4.74 Å². The molecule has 0 spiro atoms. The average molecular weight is 206 g/mol. The Kier molecular flexibility index (Phi) is 4.63. The first kappa shape index (κ1) is 12.1. The number of hydrogen-bond donors (Lipinski definition) is 1. The van der Waals surface area contributed by atoms with Gasteiger partial charge in [0, 0.05) is 12.3 Å². The SMILES string of the molecule is CCOC[CH]Nc1c(C)cc(C)cc1C. The van der Waals surface area contributed by atoms with E-state index in [4.69, 9.17) is 4.74 Å². The van der Waals surface area contributed by atoms with Crippen molar-refractivity contribution >= 4 is 5.69 Å². The maximum Gasteiger partial charge on any atom is 0.0718 e. The second-order valence-electron chi connectivity index (χ2n) is 3.78. The minimum atomic E-state index is 0.642. The third kappa shape index (κ3) is 3.56. The topological polar surface area (TPSA) is 21.3 Å². The molecule has 0 unspecified atom stereocenters. The lowest BCUT2D eigenvalue weighted by Crippen LogP contribution is -2.05. The second-order valence-corrected chi connectivity index (χ2v) is 3.78. The van der Waals surface area contributed by atoms with Gasteiger partial charge in [-0.25, -0.2) is 0 Å². The summed E-state index contributed by atoms with van der Waals surface area (Å²) in [5, 5.41) is 3.29. The summed E-state index contributed by atoms with van der Waals surface area (Å²) in [6.45, 7) is 11.7. The molecule has 2 nitrogen and oxygen atoms in total. The summed E-state index contributed by atoms with van der Waals surface area (Å²) in [5.41, 5.74) is 5.06. The number of rotatable bonds is 5. The smallest absolute Gasteiger partial charge is 0.0718 e. The summed E-state index contributed by atoms with van der Waals surface area (Å²) in [7, 11) is 0. The van der Waals surface area contributed by atoms with Crippen LogP contribution >= 0.6 is 0 Å². The number of nitrogens with one attached hydrogen (secondary N) is 1. The molecule has 1 aromatic carbocycles. The van der Waals surface area contributed by atoms with Crippen LogP contribution in [0.4, 0.5) is 5.69 Å². The monoisotopic (exact) mass is 206 g/mol. The fourth-order valence-electron chi connectivity index (χ4n) is 1.73. The summed E-state index contributed by atoms with van der Waals surface area (Å²) in [4.78, 5) is 0. The van der Waals surface area contributed by atoms with Gasteiger partial charge in [-0.1, -0.05) is 17.7 Å². The standard InChI is InChI=1S/C13H20NO/c1-5-15-7-6-14-13-11(3)8-10(2)9-12(13)4/h6,8-9,14H,5,7H2,1-4H3. The van der Waals surface area contributed by atoms with Gasteiger partial charge >= 0.3 is 0 Å². The van der Waals surface area contributed by atoms with Crippen LogP contribution in [0.3, 0.4) is 0 Å². The molecule has 1 N–H and O–H groups in total. The van der Waals surface area contributed by atoms with Gasteiger partial charge in [-0.15, -0.1) is 0 Å². The number of hydrogen-bond acceptors (Lipinski definition) is 2. The van der Waals surface area contributed by atoms with Gasteiger partial charge in [0.25, 0.3) is 0 Å². The highest BCUT2D eigenvalue weighted by Crippen LogP contribution is 2.21. The van der Waals surface area contributed by atoms with Crippen LogP contribution in [0.15, 0.2) is 12.1 Å². The van der Waals surface area contributed by atoms with Crippen molar-refractivity contribution in [2.45, 2.75) is 27.7 Å². The van der Waals surface area contributed by atoms with Gasteiger partial charge in [0.15, 0.2) is 0 Å². The molecular weight excluding hydrogens is 186 g/mol. The van der Waals surface area contributed by atoms with E-state index in [1.54, 1.807) is 0 Å². The zero-order valence-corrected chi connectivity index (χ0v) is 10.1. The van der Waals surface area contributed by atoms with Crippen molar-refractivity contribution in [1.82, 2.24) is 0 Å². The molecule has 0 aliphatic heterocycles. The largest absolute Gasteiger partial charge is 0.380 e. The molecule has 0 aliphatic carbocycles. The van der Waals surface area contributed by atoms with E-state index >= 15 is 0 Å². The van der Waals surface area contributed by atoms with Crippen LogP contribution in [-0.4, -0.2) is 13.2 Å². The highest BCUT2D eigenvalue weighted by Gasteiger charge is 2.02. The number of benzene rings is 1. The van der Waals surface area contributed by atoms with E-state index < -0.39 is 0 Å². The fourth-order valence-corrected chi connectivity index (χ4v) is 1.73. The molecule has 1 aromatic rings. The van der Waals surface area contributed by atoms with Gasteiger partial charge in [-0.05, 0) is 38.8 Å². The summed E-state index contributed by atoms with van der Waals surface area (Å²) in [6.07, 6.45) is 0. The van der Waals surface area contributed by atoms with E-state index in [1.807, 2.05) is 13.5 Å². The molecule has 0 aliphatic rings. The minimum Gasteiger partial charge on any atom is -0.380 e. The van der Waals surface area contributed by atoms with Crippen molar-refractivity contribution in [3.63, 3.8) is 0 Å². The van der Waals surface area contributed by atoms with E-state index in [0.29, 0.717) is 6.61 Å². The maximum absolute atomic E-state index is 5.24. The first-order chi connectivity index (χ1) is 7.15. The molecule has 0 aromatic heterocycles. The molecule has 15 heavy (non-hydrogen) atoms. The Morgan fingerprint density at radius 1 is 1.20 bits per heavy atom. The third-order valence-electron chi connectivity index (χ3n) is 2.33. The Morgan fingerprint density at radius 2 is 1.80 bits per heavy atom. The van der Waals surface area contributed by atoms with Crippen LogP contribution in [0.2, 0.25) is 0 Å². The lowest BCUT2D eigenvalue weighted by atomic mass is 10.1. The number of ether oxygens (including phenoxy) is 1. The zero-order chi connectivity index (χ0) is 11.3. The minimum absolute atomic E-state index is 0.642. The molecule has 0 heterocycles. The number of anilines is 1. The van der Waals surface area contributed by atoms with E-state index in [9.17, 15) is 0 Å². The Hall–Kier alpha value is -1.02. The van der Waals surface area contributed by atoms with Gasteiger partial charge in [0.2, 0.25) is 0 Å². The van der Waals surface area contributed by atoms with Crippen molar-refractivity contribution in [2.24, 2.45) is 0 Å². The number of aryl methyl sites for hydroxylation is 3. The Labute approximate surface area is 92.6 Å². The maximum atomic E-state index is 5.24. The molecule has 1 radical (unpaired) electrons. The highest BCUT2D eigenvalue weighted by molar-refractivity contribution is 5.59. The van der Waals surface area contributed by atoms with Crippen LogP contribution in [-0.2, 0) is 4.74 Å². The molecule has 2 heteroatoms. The molecule has 0 atom stereocenters. The van der Waals surface area contributed by atoms with E-state index in [-0.39, 0.29) is 0 Å². The first-order valence-electron chi connectivity index (χ1n) is 5.39. The van der Waals surface area contributed by atoms with Gasteiger partial charge < -0.3 is 10.1 Å². The zero-order valence-electron chi connectivity index (χ0n) is 10.1. The molecular formula is C13H20NO. The lowest BCUT2D eigenvalue weighted by molar-refractivity contribution is 0.169. The summed E-state index contributed by atoms with van der Waals surface area (Å²) in [5.74, 6) is 0. The Morgan fingerprint density at radius 3 is 2.33 bits per heavy atom. The summed E-state index contributed by atoms with van der Waals surface area (Å²) in [6, 6.07) is 4.37. The van der Waals surface area contributed by atoms with Crippen molar-refractivity contribution in [3.8, 4) is 0 Å². The van der Waals surface area contributed by atoms with E-state index in [1.165, 1.54) is 22.4 Å². The van der Waals surface area contributed by atoms with Crippen LogP contribution in [0.5, 0.6) is 0 Å². The molecule has 83 valence electrons. The van der Waals surface area contributed by atoms with Gasteiger partial charge in [0.05, 0.1) is 13.2 Å². The average Bonchev–Trinajstić information content (AvgIpc) is 2.15. The van der Waals surface area contributed by atoms with Crippen molar-refractivity contribution in [2.75, 3.05) is 18.5 Å². The van der Waals surface area contributed by atoms with Crippen LogP contribution in [0.1, 0.15) is 23.6 Å². The Bertz CT molecular complexity index is 297.